The van der Waals surface area contributed by atoms with Gasteiger partial charge in [0.25, 0.3) is 5.91 Å². The largest absolute Gasteiger partial charge is 0.497 e. The first-order valence-electron chi connectivity index (χ1n) is 11.1. The van der Waals surface area contributed by atoms with Crippen molar-refractivity contribution in [2.45, 2.75) is 36.0 Å². The van der Waals surface area contributed by atoms with E-state index in [-0.39, 0.29) is 16.2 Å². The number of hydrogen-bond donors (Lipinski definition) is 1. The smallest absolute Gasteiger partial charge is 0.251 e. The Morgan fingerprint density at radius 2 is 1.66 bits per heavy atom. The molecule has 0 atom stereocenters. The van der Waals surface area contributed by atoms with E-state index in [1.54, 1.807) is 19.2 Å². The molecule has 4 rings (SSSR count). The molecule has 0 aromatic heterocycles. The topological polar surface area (TPSA) is 84.9 Å². The van der Waals surface area contributed by atoms with Gasteiger partial charge >= 0.3 is 0 Å². The maximum Gasteiger partial charge on any atom is 0.251 e. The van der Waals surface area contributed by atoms with Gasteiger partial charge in [-0.05, 0) is 67.6 Å². The highest BCUT2D eigenvalue weighted by Gasteiger charge is 2.35. The molecule has 0 radical (unpaired) electrons. The number of benzene rings is 2. The van der Waals surface area contributed by atoms with Crippen LogP contribution in [0.25, 0.3) is 0 Å². The Hall–Kier alpha value is -2.42. The van der Waals surface area contributed by atoms with Crippen molar-refractivity contribution < 1.29 is 22.7 Å². The van der Waals surface area contributed by atoms with E-state index in [2.05, 4.69) is 5.32 Å². The number of sulfonamides is 1. The van der Waals surface area contributed by atoms with Crippen molar-refractivity contribution in [1.29, 1.82) is 0 Å². The molecule has 0 aliphatic carbocycles. The van der Waals surface area contributed by atoms with Gasteiger partial charge in [0.15, 0.2) is 0 Å². The van der Waals surface area contributed by atoms with Crippen molar-refractivity contribution in [2.75, 3.05) is 40.0 Å². The van der Waals surface area contributed by atoms with Crippen LogP contribution >= 0.6 is 0 Å². The molecule has 2 aliphatic heterocycles. The molecular weight excluding hydrogens is 428 g/mol. The van der Waals surface area contributed by atoms with Crippen LogP contribution < -0.4 is 10.1 Å². The Kier molecular flexibility index (Phi) is 6.83. The zero-order valence-corrected chi connectivity index (χ0v) is 19.2. The normalized spacial score (nSPS) is 18.9. The predicted octanol–water partition coefficient (Wildman–Crippen LogP) is 2.96. The summed E-state index contributed by atoms with van der Waals surface area (Å²) in [6, 6.07) is 14.2. The molecule has 2 aliphatic rings. The molecule has 0 saturated carbocycles. The Morgan fingerprint density at radius 1 is 1.03 bits per heavy atom. The predicted molar refractivity (Wildman–Crippen MR) is 121 cm³/mol. The second-order valence-electron chi connectivity index (χ2n) is 8.44. The van der Waals surface area contributed by atoms with Crippen molar-refractivity contribution in [3.05, 3.63) is 59.7 Å². The van der Waals surface area contributed by atoms with Crippen LogP contribution in [0.15, 0.2) is 53.4 Å². The number of amides is 1. The van der Waals surface area contributed by atoms with E-state index in [1.165, 1.54) is 16.4 Å². The van der Waals surface area contributed by atoms with Gasteiger partial charge in [-0.1, -0.05) is 12.1 Å². The van der Waals surface area contributed by atoms with Gasteiger partial charge in [-0.2, -0.15) is 4.31 Å². The zero-order chi connectivity index (χ0) is 22.6. The highest BCUT2D eigenvalue weighted by atomic mass is 32.2. The van der Waals surface area contributed by atoms with E-state index >= 15 is 0 Å². The molecule has 2 aromatic carbocycles. The number of carbonyl (C=O) groups is 1. The minimum atomic E-state index is -3.48. The first-order chi connectivity index (χ1) is 15.4. The highest BCUT2D eigenvalue weighted by molar-refractivity contribution is 7.89. The highest BCUT2D eigenvalue weighted by Crippen LogP contribution is 2.35. The number of nitrogens with zero attached hydrogens (tertiary/aromatic N) is 1. The van der Waals surface area contributed by atoms with E-state index < -0.39 is 10.0 Å². The van der Waals surface area contributed by atoms with Crippen LogP contribution in [0.5, 0.6) is 5.75 Å². The lowest BCUT2D eigenvalue weighted by Gasteiger charge is -2.38. The maximum atomic E-state index is 12.9. The summed E-state index contributed by atoms with van der Waals surface area (Å²) in [6.45, 7) is 2.88. The number of methoxy groups -OCH3 is 1. The molecule has 2 fully saturated rings. The standard InChI is InChI=1S/C24H30N2O5S/c1-30-21-8-6-20(7-9-21)24(12-16-31-17-13-24)18-25-23(27)19-4-10-22(11-5-19)32(28,29)26-14-2-3-15-26/h4-11H,2-3,12-18H2,1H3,(H,25,27). The van der Waals surface area contributed by atoms with E-state index in [0.29, 0.717) is 38.4 Å². The molecule has 0 unspecified atom stereocenters. The molecule has 2 aromatic rings. The van der Waals surface area contributed by atoms with Gasteiger partial charge in [-0.15, -0.1) is 0 Å². The molecule has 1 N–H and O–H groups in total. The fourth-order valence-corrected chi connectivity index (χ4v) is 6.00. The Morgan fingerprint density at radius 3 is 2.25 bits per heavy atom. The van der Waals surface area contributed by atoms with E-state index in [0.717, 1.165) is 37.0 Å². The van der Waals surface area contributed by atoms with Gasteiger partial charge in [-0.25, -0.2) is 8.42 Å². The molecule has 172 valence electrons. The van der Waals surface area contributed by atoms with Crippen LogP contribution in [0.3, 0.4) is 0 Å². The van der Waals surface area contributed by atoms with Gasteiger partial charge < -0.3 is 14.8 Å². The first-order valence-corrected chi connectivity index (χ1v) is 12.5. The zero-order valence-electron chi connectivity index (χ0n) is 18.4. The van der Waals surface area contributed by atoms with Crippen molar-refractivity contribution in [2.24, 2.45) is 0 Å². The van der Waals surface area contributed by atoms with Crippen LogP contribution in [0, 0.1) is 0 Å². The summed E-state index contributed by atoms with van der Waals surface area (Å²) in [5.41, 5.74) is 1.38. The molecule has 7 nitrogen and oxygen atoms in total. The first kappa shape index (κ1) is 22.8. The fraction of sp³-hybridized carbons (Fsp3) is 0.458. The van der Waals surface area contributed by atoms with Crippen molar-refractivity contribution >= 4 is 15.9 Å². The van der Waals surface area contributed by atoms with Crippen LogP contribution in [-0.2, 0) is 20.2 Å². The molecule has 0 bridgehead atoms. The average molecular weight is 459 g/mol. The summed E-state index contributed by atoms with van der Waals surface area (Å²) in [6.07, 6.45) is 3.40. The minimum absolute atomic E-state index is 0.209. The van der Waals surface area contributed by atoms with Crippen LogP contribution in [0.4, 0.5) is 0 Å². The third-order valence-electron chi connectivity index (χ3n) is 6.56. The van der Waals surface area contributed by atoms with Crippen LogP contribution in [0.2, 0.25) is 0 Å². The molecule has 0 spiro atoms. The third-order valence-corrected chi connectivity index (χ3v) is 8.47. The van der Waals surface area contributed by atoms with Crippen molar-refractivity contribution in [3.63, 3.8) is 0 Å². The van der Waals surface area contributed by atoms with Gasteiger partial charge in [0.2, 0.25) is 10.0 Å². The molecule has 32 heavy (non-hydrogen) atoms. The summed E-state index contributed by atoms with van der Waals surface area (Å²) < 4.78 is 37.7. The molecule has 1 amide bonds. The van der Waals surface area contributed by atoms with Gasteiger partial charge in [0.05, 0.1) is 12.0 Å². The van der Waals surface area contributed by atoms with Crippen molar-refractivity contribution in [3.8, 4) is 5.75 Å². The maximum absolute atomic E-state index is 12.9. The summed E-state index contributed by atoms with van der Waals surface area (Å²) in [5.74, 6) is 0.582. The Labute approximate surface area is 189 Å². The second kappa shape index (κ2) is 9.60. The van der Waals surface area contributed by atoms with Gasteiger partial charge in [0.1, 0.15) is 5.75 Å². The van der Waals surface area contributed by atoms with Crippen LogP contribution in [0.1, 0.15) is 41.6 Å². The van der Waals surface area contributed by atoms with E-state index in [4.69, 9.17) is 9.47 Å². The summed E-state index contributed by atoms with van der Waals surface area (Å²) in [5, 5.41) is 3.06. The fourth-order valence-electron chi connectivity index (χ4n) is 4.48. The lowest BCUT2D eigenvalue weighted by Crippen LogP contribution is -2.44. The quantitative estimate of drug-likeness (QED) is 0.690. The number of nitrogens with one attached hydrogen (secondary N) is 1. The van der Waals surface area contributed by atoms with Gasteiger partial charge in [0, 0.05) is 43.8 Å². The van der Waals surface area contributed by atoms with E-state index in [9.17, 15) is 13.2 Å². The molecule has 2 saturated heterocycles. The summed E-state index contributed by atoms with van der Waals surface area (Å²) in [7, 11) is -1.84. The number of carbonyl (C=O) groups excluding carboxylic acids is 1. The van der Waals surface area contributed by atoms with Gasteiger partial charge in [-0.3, -0.25) is 4.79 Å². The summed E-state index contributed by atoms with van der Waals surface area (Å²) in [4.78, 5) is 13.1. The van der Waals surface area contributed by atoms with E-state index in [1.807, 2.05) is 24.3 Å². The third kappa shape index (κ3) is 4.67. The lowest BCUT2D eigenvalue weighted by molar-refractivity contribution is 0.0487. The average Bonchev–Trinajstić information content (AvgIpc) is 3.39. The Bertz CT molecular complexity index is 1020. The Balaban J connectivity index is 1.46. The molecular formula is C24H30N2O5S. The monoisotopic (exact) mass is 458 g/mol. The van der Waals surface area contributed by atoms with Crippen LogP contribution in [-0.4, -0.2) is 58.6 Å². The lowest BCUT2D eigenvalue weighted by atomic mass is 9.74. The number of rotatable bonds is 7. The summed E-state index contributed by atoms with van der Waals surface area (Å²) >= 11 is 0. The number of ether oxygens (including phenoxy) is 2. The van der Waals surface area contributed by atoms with Crippen molar-refractivity contribution in [1.82, 2.24) is 9.62 Å². The molecule has 2 heterocycles. The number of hydrogen-bond acceptors (Lipinski definition) is 5. The SMILES string of the molecule is COc1ccc(C2(CNC(=O)c3ccc(S(=O)(=O)N4CCCC4)cc3)CCOCC2)cc1. The second-order valence-corrected chi connectivity index (χ2v) is 10.4. The minimum Gasteiger partial charge on any atom is -0.497 e. The molecule has 8 heteroatoms.